The van der Waals surface area contributed by atoms with Crippen LogP contribution in [0.5, 0.6) is 0 Å². The third-order valence-electron chi connectivity index (χ3n) is 3.98. The molecule has 1 N–H and O–H groups in total. The van der Waals surface area contributed by atoms with Gasteiger partial charge in [-0.25, -0.2) is 0 Å². The van der Waals surface area contributed by atoms with Crippen LogP contribution in [0.2, 0.25) is 0 Å². The Kier molecular flexibility index (Phi) is 4.22. The largest absolute Gasteiger partial charge is 0.461 e. The van der Waals surface area contributed by atoms with Gasteiger partial charge in [-0.2, -0.15) is 0 Å². The van der Waals surface area contributed by atoms with Crippen molar-refractivity contribution in [3.05, 3.63) is 0 Å². The van der Waals surface area contributed by atoms with Crippen molar-refractivity contribution in [3.63, 3.8) is 0 Å². The van der Waals surface area contributed by atoms with Crippen molar-refractivity contribution in [2.24, 2.45) is 5.92 Å². The van der Waals surface area contributed by atoms with Crippen LogP contribution in [-0.4, -0.2) is 24.7 Å². The molecular weight excluding hydrogens is 202 g/mol. The van der Waals surface area contributed by atoms with Crippen molar-refractivity contribution in [1.29, 1.82) is 0 Å². The molecule has 2 unspecified atom stereocenters. The Hall–Kier alpha value is -0.570. The fourth-order valence-corrected chi connectivity index (χ4v) is 2.91. The number of ether oxygens (including phenoxy) is 1. The Morgan fingerprint density at radius 3 is 2.75 bits per heavy atom. The normalized spacial score (nSPS) is 34.9. The lowest BCUT2D eigenvalue weighted by molar-refractivity contribution is -0.155. The van der Waals surface area contributed by atoms with Gasteiger partial charge < -0.3 is 10.1 Å². The quantitative estimate of drug-likeness (QED) is 0.749. The molecule has 1 heterocycles. The predicted molar refractivity (Wildman–Crippen MR) is 63.2 cm³/mol. The molecule has 0 aromatic heterocycles. The summed E-state index contributed by atoms with van der Waals surface area (Å²) in [6.45, 7) is 3.16. The zero-order valence-electron chi connectivity index (χ0n) is 10.2. The van der Waals surface area contributed by atoms with Crippen LogP contribution in [0.1, 0.15) is 51.9 Å². The van der Waals surface area contributed by atoms with Gasteiger partial charge >= 0.3 is 5.97 Å². The first-order chi connectivity index (χ1) is 7.81. The minimum absolute atomic E-state index is 0.0112. The number of nitrogens with one attached hydrogen (secondary N) is 1. The highest BCUT2D eigenvalue weighted by molar-refractivity contribution is 5.76. The average molecular weight is 225 g/mol. The van der Waals surface area contributed by atoms with Gasteiger partial charge in [0.05, 0.1) is 0 Å². The summed E-state index contributed by atoms with van der Waals surface area (Å²) in [5.41, 5.74) is 0. The number of hydrogen-bond acceptors (Lipinski definition) is 3. The van der Waals surface area contributed by atoms with Crippen molar-refractivity contribution in [3.8, 4) is 0 Å². The highest BCUT2D eigenvalue weighted by Gasteiger charge is 2.30. The lowest BCUT2D eigenvalue weighted by atomic mass is 9.85. The maximum atomic E-state index is 11.9. The average Bonchev–Trinajstić information content (AvgIpc) is 2.83. The summed E-state index contributed by atoms with van der Waals surface area (Å²) in [6.07, 6.45) is 8.18. The predicted octanol–water partition coefficient (Wildman–Crippen LogP) is 2.25. The van der Waals surface area contributed by atoms with E-state index < -0.39 is 0 Å². The highest BCUT2D eigenvalue weighted by atomic mass is 16.5. The van der Waals surface area contributed by atoms with E-state index in [1.54, 1.807) is 0 Å². The van der Waals surface area contributed by atoms with Crippen molar-refractivity contribution in [1.82, 2.24) is 5.32 Å². The number of esters is 1. The summed E-state index contributed by atoms with van der Waals surface area (Å²) < 4.78 is 5.68. The molecule has 1 aliphatic carbocycles. The second-order valence-corrected chi connectivity index (χ2v) is 5.08. The molecule has 16 heavy (non-hydrogen) atoms. The molecule has 0 aromatic carbocycles. The summed E-state index contributed by atoms with van der Waals surface area (Å²) in [4.78, 5) is 11.9. The van der Waals surface area contributed by atoms with E-state index in [0.717, 1.165) is 32.2 Å². The molecule has 0 bridgehead atoms. The number of carbonyl (C=O) groups excluding carboxylic acids is 1. The third kappa shape index (κ3) is 2.76. The van der Waals surface area contributed by atoms with Gasteiger partial charge in [0.25, 0.3) is 0 Å². The molecule has 1 saturated heterocycles. The molecule has 92 valence electrons. The second-order valence-electron chi connectivity index (χ2n) is 5.08. The van der Waals surface area contributed by atoms with Crippen molar-refractivity contribution in [2.75, 3.05) is 6.54 Å². The topological polar surface area (TPSA) is 38.3 Å². The van der Waals surface area contributed by atoms with E-state index in [4.69, 9.17) is 4.74 Å². The molecule has 2 aliphatic rings. The van der Waals surface area contributed by atoms with Crippen molar-refractivity contribution in [2.45, 2.75) is 64.0 Å². The zero-order valence-corrected chi connectivity index (χ0v) is 10.2. The lowest BCUT2D eigenvalue weighted by Gasteiger charge is -2.31. The third-order valence-corrected chi connectivity index (χ3v) is 3.98. The van der Waals surface area contributed by atoms with Gasteiger partial charge in [-0.3, -0.25) is 4.79 Å². The molecule has 1 aliphatic heterocycles. The van der Waals surface area contributed by atoms with Gasteiger partial charge in [-0.1, -0.05) is 13.3 Å². The maximum Gasteiger partial charge on any atom is 0.323 e. The Morgan fingerprint density at radius 2 is 2.06 bits per heavy atom. The van der Waals surface area contributed by atoms with Crippen molar-refractivity contribution < 1.29 is 9.53 Å². The fraction of sp³-hybridized carbons (Fsp3) is 0.923. The minimum Gasteiger partial charge on any atom is -0.461 e. The van der Waals surface area contributed by atoms with Gasteiger partial charge in [0.15, 0.2) is 0 Å². The van der Waals surface area contributed by atoms with Crippen LogP contribution in [0, 0.1) is 5.92 Å². The SMILES string of the molecule is CCC1CCCCC1OC(=O)[C@H]1CCCN1. The lowest BCUT2D eigenvalue weighted by Crippen LogP contribution is -2.38. The highest BCUT2D eigenvalue weighted by Crippen LogP contribution is 2.29. The van der Waals surface area contributed by atoms with Crippen LogP contribution < -0.4 is 5.32 Å². The van der Waals surface area contributed by atoms with E-state index in [9.17, 15) is 4.79 Å². The van der Waals surface area contributed by atoms with Gasteiger partial charge in [0.1, 0.15) is 12.1 Å². The summed E-state index contributed by atoms with van der Waals surface area (Å²) in [6, 6.07) is -0.0283. The molecule has 1 saturated carbocycles. The Balaban J connectivity index is 1.84. The molecule has 3 atom stereocenters. The molecule has 0 amide bonds. The summed E-state index contributed by atoms with van der Waals surface area (Å²) in [7, 11) is 0. The molecule has 0 aromatic rings. The van der Waals surface area contributed by atoms with Gasteiger partial charge in [0, 0.05) is 0 Å². The van der Waals surface area contributed by atoms with E-state index in [1.165, 1.54) is 19.3 Å². The van der Waals surface area contributed by atoms with Gasteiger partial charge in [0.2, 0.25) is 0 Å². The van der Waals surface area contributed by atoms with Crippen LogP contribution in [0.15, 0.2) is 0 Å². The van der Waals surface area contributed by atoms with Gasteiger partial charge in [-0.15, -0.1) is 0 Å². The molecule has 3 heteroatoms. The number of carbonyl (C=O) groups is 1. The first-order valence-corrected chi connectivity index (χ1v) is 6.75. The smallest absolute Gasteiger partial charge is 0.323 e. The van der Waals surface area contributed by atoms with Crippen LogP contribution in [-0.2, 0) is 9.53 Å². The first-order valence-electron chi connectivity index (χ1n) is 6.75. The maximum absolute atomic E-state index is 11.9. The van der Waals surface area contributed by atoms with Crippen molar-refractivity contribution >= 4 is 5.97 Å². The second kappa shape index (κ2) is 5.67. The number of rotatable bonds is 3. The standard InChI is InChI=1S/C13H23NO2/c1-2-10-6-3-4-8-12(10)16-13(15)11-7-5-9-14-11/h10-12,14H,2-9H2,1H3/t10?,11-,12?/m1/s1. The molecule has 0 spiro atoms. The fourth-order valence-electron chi connectivity index (χ4n) is 2.91. The molecule has 0 radical (unpaired) electrons. The Bertz CT molecular complexity index is 236. The van der Waals surface area contributed by atoms with E-state index in [-0.39, 0.29) is 18.1 Å². The summed E-state index contributed by atoms with van der Waals surface area (Å²) >= 11 is 0. The molecule has 3 nitrogen and oxygen atoms in total. The summed E-state index contributed by atoms with van der Waals surface area (Å²) in [5.74, 6) is 0.585. The van der Waals surface area contributed by atoms with E-state index in [1.807, 2.05) is 0 Å². The van der Waals surface area contributed by atoms with E-state index in [2.05, 4.69) is 12.2 Å². The van der Waals surface area contributed by atoms with Gasteiger partial charge in [-0.05, 0) is 51.0 Å². The zero-order chi connectivity index (χ0) is 11.4. The number of hydrogen-bond donors (Lipinski definition) is 1. The molecule has 2 fully saturated rings. The Labute approximate surface area is 97.9 Å². The van der Waals surface area contributed by atoms with Crippen LogP contribution in [0.3, 0.4) is 0 Å². The summed E-state index contributed by atoms with van der Waals surface area (Å²) in [5, 5.41) is 3.20. The van der Waals surface area contributed by atoms with E-state index >= 15 is 0 Å². The Morgan fingerprint density at radius 1 is 1.25 bits per heavy atom. The first kappa shape index (κ1) is 11.9. The van der Waals surface area contributed by atoms with Crippen LogP contribution >= 0.6 is 0 Å². The van der Waals surface area contributed by atoms with Crippen LogP contribution in [0.25, 0.3) is 0 Å². The molecule has 2 rings (SSSR count). The molecular formula is C13H23NO2. The van der Waals surface area contributed by atoms with E-state index in [0.29, 0.717) is 5.92 Å². The monoisotopic (exact) mass is 225 g/mol. The minimum atomic E-state index is -0.0283. The van der Waals surface area contributed by atoms with Crippen LogP contribution in [0.4, 0.5) is 0 Å².